The van der Waals surface area contributed by atoms with Gasteiger partial charge in [-0.05, 0) is 61.1 Å². The Labute approximate surface area is 152 Å². The van der Waals surface area contributed by atoms with Crippen molar-refractivity contribution in [3.05, 3.63) is 72.0 Å². The van der Waals surface area contributed by atoms with Crippen LogP contribution < -0.4 is 10.6 Å². The van der Waals surface area contributed by atoms with Crippen molar-refractivity contribution < 1.29 is 4.39 Å². The molecule has 2 N–H and O–H groups in total. The highest BCUT2D eigenvalue weighted by Crippen LogP contribution is 2.34. The molecule has 2 heterocycles. The lowest BCUT2D eigenvalue weighted by Crippen LogP contribution is -2.26. The Morgan fingerprint density at radius 3 is 2.58 bits per heavy atom. The molecular formula is C21H21FN4. The normalized spacial score (nSPS) is 14.8. The summed E-state index contributed by atoms with van der Waals surface area (Å²) in [5.41, 5.74) is 11.1. The molecular weight excluding hydrogens is 327 g/mol. The predicted octanol–water partition coefficient (Wildman–Crippen LogP) is 4.05. The minimum absolute atomic E-state index is 0.219. The maximum atomic E-state index is 13.3. The SMILES string of the molecule is CN1CCN(c2ccc(F)cc2)c2ccc(-c3cccc(N)n3)cc2C1. The summed E-state index contributed by atoms with van der Waals surface area (Å²) in [5.74, 6) is 0.298. The molecule has 0 amide bonds. The highest BCUT2D eigenvalue weighted by molar-refractivity contribution is 5.72. The summed E-state index contributed by atoms with van der Waals surface area (Å²) in [6, 6.07) is 18.7. The van der Waals surface area contributed by atoms with Gasteiger partial charge in [-0.1, -0.05) is 12.1 Å². The molecule has 3 aromatic rings. The molecule has 4 nitrogen and oxygen atoms in total. The van der Waals surface area contributed by atoms with Crippen molar-refractivity contribution in [1.82, 2.24) is 9.88 Å². The Kier molecular flexibility index (Phi) is 4.31. The van der Waals surface area contributed by atoms with Crippen LogP contribution in [-0.2, 0) is 6.54 Å². The summed E-state index contributed by atoms with van der Waals surface area (Å²) < 4.78 is 13.3. The minimum Gasteiger partial charge on any atom is -0.384 e. The molecule has 0 atom stereocenters. The fourth-order valence-corrected chi connectivity index (χ4v) is 3.40. The second-order valence-electron chi connectivity index (χ2n) is 6.66. The first-order chi connectivity index (χ1) is 12.6. The van der Waals surface area contributed by atoms with Gasteiger partial charge in [0.15, 0.2) is 0 Å². The quantitative estimate of drug-likeness (QED) is 0.759. The summed E-state index contributed by atoms with van der Waals surface area (Å²) in [4.78, 5) is 8.97. The number of hydrogen-bond donors (Lipinski definition) is 1. The molecule has 1 aromatic heterocycles. The van der Waals surface area contributed by atoms with E-state index in [1.165, 1.54) is 17.7 Å². The molecule has 0 unspecified atom stereocenters. The molecule has 26 heavy (non-hydrogen) atoms. The number of rotatable bonds is 2. The molecule has 0 aliphatic carbocycles. The third-order valence-corrected chi connectivity index (χ3v) is 4.72. The van der Waals surface area contributed by atoms with Crippen LogP contribution in [0.15, 0.2) is 60.7 Å². The number of nitrogens with two attached hydrogens (primary N) is 1. The van der Waals surface area contributed by atoms with Crippen LogP contribution in [0.4, 0.5) is 21.6 Å². The van der Waals surface area contributed by atoms with Gasteiger partial charge in [-0.25, -0.2) is 9.37 Å². The number of benzene rings is 2. The second-order valence-corrected chi connectivity index (χ2v) is 6.66. The second kappa shape index (κ2) is 6.77. The monoisotopic (exact) mass is 348 g/mol. The van der Waals surface area contributed by atoms with E-state index in [4.69, 9.17) is 5.73 Å². The molecule has 132 valence electrons. The molecule has 5 heteroatoms. The number of pyridine rings is 1. The van der Waals surface area contributed by atoms with Crippen molar-refractivity contribution in [3.8, 4) is 11.3 Å². The highest BCUT2D eigenvalue weighted by atomic mass is 19.1. The van der Waals surface area contributed by atoms with E-state index < -0.39 is 0 Å². The van der Waals surface area contributed by atoms with Gasteiger partial charge in [0, 0.05) is 36.6 Å². The maximum absolute atomic E-state index is 13.3. The van der Waals surface area contributed by atoms with Crippen molar-refractivity contribution in [2.24, 2.45) is 0 Å². The first kappa shape index (κ1) is 16.5. The number of halogens is 1. The molecule has 2 aromatic carbocycles. The van der Waals surface area contributed by atoms with Gasteiger partial charge in [0.25, 0.3) is 0 Å². The number of likely N-dealkylation sites (N-methyl/N-ethyl adjacent to an activating group) is 1. The summed E-state index contributed by atoms with van der Waals surface area (Å²) in [6.07, 6.45) is 0. The van der Waals surface area contributed by atoms with Gasteiger partial charge in [-0.2, -0.15) is 0 Å². The van der Waals surface area contributed by atoms with Gasteiger partial charge in [0.2, 0.25) is 0 Å². The molecule has 1 aliphatic heterocycles. The van der Waals surface area contributed by atoms with E-state index in [0.717, 1.165) is 42.3 Å². The van der Waals surface area contributed by atoms with E-state index in [0.29, 0.717) is 5.82 Å². The Morgan fingerprint density at radius 2 is 1.81 bits per heavy atom. The number of nitrogen functional groups attached to an aromatic ring is 1. The van der Waals surface area contributed by atoms with Gasteiger partial charge < -0.3 is 15.5 Å². The first-order valence-electron chi connectivity index (χ1n) is 8.67. The van der Waals surface area contributed by atoms with Crippen molar-refractivity contribution in [3.63, 3.8) is 0 Å². The average molecular weight is 348 g/mol. The third-order valence-electron chi connectivity index (χ3n) is 4.72. The maximum Gasteiger partial charge on any atom is 0.124 e. The molecule has 0 fully saturated rings. The van der Waals surface area contributed by atoms with Crippen molar-refractivity contribution in [1.29, 1.82) is 0 Å². The number of aromatic nitrogens is 1. The fourth-order valence-electron chi connectivity index (χ4n) is 3.40. The van der Waals surface area contributed by atoms with Crippen LogP contribution in [0, 0.1) is 5.82 Å². The largest absolute Gasteiger partial charge is 0.384 e. The van der Waals surface area contributed by atoms with E-state index in [2.05, 4.69) is 40.0 Å². The Balaban J connectivity index is 1.78. The zero-order chi connectivity index (χ0) is 18.1. The summed E-state index contributed by atoms with van der Waals surface area (Å²) in [6.45, 7) is 2.63. The van der Waals surface area contributed by atoms with Crippen LogP contribution in [0.1, 0.15) is 5.56 Å². The molecule has 0 bridgehead atoms. The molecule has 0 spiro atoms. The van der Waals surface area contributed by atoms with E-state index in [1.807, 2.05) is 24.3 Å². The van der Waals surface area contributed by atoms with Crippen LogP contribution in [0.25, 0.3) is 11.3 Å². The molecule has 0 radical (unpaired) electrons. The highest BCUT2D eigenvalue weighted by Gasteiger charge is 2.20. The van der Waals surface area contributed by atoms with Crippen molar-refractivity contribution in [2.75, 3.05) is 30.8 Å². The molecule has 0 saturated heterocycles. The fraction of sp³-hybridized carbons (Fsp3) is 0.190. The van der Waals surface area contributed by atoms with Crippen molar-refractivity contribution in [2.45, 2.75) is 6.54 Å². The third kappa shape index (κ3) is 3.26. The molecule has 1 aliphatic rings. The number of hydrogen-bond acceptors (Lipinski definition) is 4. The van der Waals surface area contributed by atoms with Crippen LogP contribution in [0.2, 0.25) is 0 Å². The average Bonchev–Trinajstić information content (AvgIpc) is 2.80. The van der Waals surface area contributed by atoms with Crippen LogP contribution in [0.5, 0.6) is 0 Å². The Hall–Kier alpha value is -2.92. The van der Waals surface area contributed by atoms with E-state index in [9.17, 15) is 4.39 Å². The summed E-state index contributed by atoms with van der Waals surface area (Å²) >= 11 is 0. The van der Waals surface area contributed by atoms with Crippen LogP contribution in [0.3, 0.4) is 0 Å². The first-order valence-corrected chi connectivity index (χ1v) is 8.67. The van der Waals surface area contributed by atoms with Gasteiger partial charge >= 0.3 is 0 Å². The van der Waals surface area contributed by atoms with Crippen LogP contribution in [-0.4, -0.2) is 30.0 Å². The van der Waals surface area contributed by atoms with Crippen molar-refractivity contribution >= 4 is 17.2 Å². The van der Waals surface area contributed by atoms with E-state index in [-0.39, 0.29) is 5.82 Å². The number of nitrogens with zero attached hydrogens (tertiary/aromatic N) is 3. The van der Waals surface area contributed by atoms with Gasteiger partial charge in [0.05, 0.1) is 5.69 Å². The lowest BCUT2D eigenvalue weighted by Gasteiger charge is -2.25. The van der Waals surface area contributed by atoms with Gasteiger partial charge in [0.1, 0.15) is 11.6 Å². The molecule has 0 saturated carbocycles. The van der Waals surface area contributed by atoms with E-state index in [1.54, 1.807) is 6.07 Å². The topological polar surface area (TPSA) is 45.4 Å². The summed E-state index contributed by atoms with van der Waals surface area (Å²) in [7, 11) is 2.11. The summed E-state index contributed by atoms with van der Waals surface area (Å²) in [5, 5.41) is 0. The number of anilines is 3. The smallest absolute Gasteiger partial charge is 0.124 e. The standard InChI is InChI=1S/C21H21FN4/c1-25-11-12-26(18-8-6-17(22)7-9-18)20-10-5-15(13-16(20)14-25)19-3-2-4-21(23)24-19/h2-10,13H,11-12,14H2,1H3,(H2,23,24). The van der Waals surface area contributed by atoms with E-state index >= 15 is 0 Å². The molecule has 4 rings (SSSR count). The zero-order valence-electron chi connectivity index (χ0n) is 14.7. The predicted molar refractivity (Wildman–Crippen MR) is 104 cm³/mol. The Bertz CT molecular complexity index is 924. The van der Waals surface area contributed by atoms with Gasteiger partial charge in [-0.15, -0.1) is 0 Å². The lowest BCUT2D eigenvalue weighted by atomic mass is 10.0. The zero-order valence-corrected chi connectivity index (χ0v) is 14.7. The lowest BCUT2D eigenvalue weighted by molar-refractivity contribution is 0.343. The van der Waals surface area contributed by atoms with Gasteiger partial charge in [-0.3, -0.25) is 0 Å². The van der Waals surface area contributed by atoms with Crippen LogP contribution >= 0.6 is 0 Å². The Morgan fingerprint density at radius 1 is 1.00 bits per heavy atom. The number of fused-ring (bicyclic) bond motifs is 1. The minimum atomic E-state index is -0.219.